The van der Waals surface area contributed by atoms with Crippen LogP contribution in [0.4, 0.5) is 5.69 Å². The molecule has 0 atom stereocenters. The molecule has 0 saturated heterocycles. The number of nitrogen functional groups attached to an aromatic ring is 1. The van der Waals surface area contributed by atoms with Crippen molar-refractivity contribution in [3.05, 3.63) is 24.1 Å². The number of nitrogens with two attached hydrogens (primary N) is 1. The van der Waals surface area contributed by atoms with Crippen LogP contribution >= 0.6 is 0 Å². The summed E-state index contributed by atoms with van der Waals surface area (Å²) in [6.45, 7) is 6.45. The highest BCUT2D eigenvalue weighted by atomic mass is 16.3. The van der Waals surface area contributed by atoms with E-state index >= 15 is 0 Å². The number of benzene rings is 1. The van der Waals surface area contributed by atoms with Gasteiger partial charge in [-0.2, -0.15) is 0 Å². The standard InChI is InChI=1S/C17H25N3O/c1-12(2)10-20(14-5-3-4-6-14)11-17-19-15-9-13(18)7-8-16(15)21-17/h7-9,12,14H,3-6,10-11,18H2,1-2H3. The Morgan fingerprint density at radius 3 is 2.81 bits per heavy atom. The molecule has 1 saturated carbocycles. The Morgan fingerprint density at radius 2 is 2.10 bits per heavy atom. The summed E-state index contributed by atoms with van der Waals surface area (Å²) in [5.41, 5.74) is 8.23. The molecule has 0 unspecified atom stereocenters. The third-order valence-electron chi connectivity index (χ3n) is 4.24. The van der Waals surface area contributed by atoms with Gasteiger partial charge in [0.15, 0.2) is 5.58 Å². The van der Waals surface area contributed by atoms with Gasteiger partial charge in [-0.25, -0.2) is 4.98 Å². The monoisotopic (exact) mass is 287 g/mol. The van der Waals surface area contributed by atoms with Crippen molar-refractivity contribution in [1.82, 2.24) is 9.88 Å². The van der Waals surface area contributed by atoms with Gasteiger partial charge >= 0.3 is 0 Å². The zero-order chi connectivity index (χ0) is 14.8. The molecule has 0 bridgehead atoms. The van der Waals surface area contributed by atoms with Gasteiger partial charge in [-0.1, -0.05) is 26.7 Å². The third-order valence-corrected chi connectivity index (χ3v) is 4.24. The number of anilines is 1. The average Bonchev–Trinajstić information content (AvgIpc) is 3.05. The van der Waals surface area contributed by atoms with Crippen LogP contribution in [-0.4, -0.2) is 22.5 Å². The predicted octanol–water partition coefficient (Wildman–Crippen LogP) is 3.81. The lowest BCUT2D eigenvalue weighted by molar-refractivity contribution is 0.155. The Balaban J connectivity index is 1.79. The maximum Gasteiger partial charge on any atom is 0.209 e. The van der Waals surface area contributed by atoms with Gasteiger partial charge in [0, 0.05) is 18.3 Å². The highest BCUT2D eigenvalue weighted by Crippen LogP contribution is 2.26. The minimum absolute atomic E-state index is 0.658. The van der Waals surface area contributed by atoms with Crippen LogP contribution in [0, 0.1) is 5.92 Å². The molecular weight excluding hydrogens is 262 g/mol. The summed E-state index contributed by atoms with van der Waals surface area (Å²) in [4.78, 5) is 7.15. The highest BCUT2D eigenvalue weighted by Gasteiger charge is 2.24. The van der Waals surface area contributed by atoms with E-state index in [9.17, 15) is 0 Å². The first-order valence-corrected chi connectivity index (χ1v) is 8.01. The van der Waals surface area contributed by atoms with E-state index in [1.54, 1.807) is 0 Å². The summed E-state index contributed by atoms with van der Waals surface area (Å²) in [5, 5.41) is 0. The van der Waals surface area contributed by atoms with Gasteiger partial charge in [-0.05, 0) is 37.0 Å². The molecule has 1 fully saturated rings. The number of oxazole rings is 1. The van der Waals surface area contributed by atoms with Crippen molar-refractivity contribution in [2.75, 3.05) is 12.3 Å². The molecule has 1 heterocycles. The van der Waals surface area contributed by atoms with E-state index in [0.717, 1.165) is 35.8 Å². The van der Waals surface area contributed by atoms with Crippen LogP contribution in [-0.2, 0) is 6.54 Å². The normalized spacial score (nSPS) is 16.6. The second-order valence-electron chi connectivity index (χ2n) is 6.60. The van der Waals surface area contributed by atoms with Crippen LogP contribution in [0.15, 0.2) is 22.6 Å². The van der Waals surface area contributed by atoms with Gasteiger partial charge in [0.1, 0.15) is 5.52 Å². The topological polar surface area (TPSA) is 55.3 Å². The molecule has 114 valence electrons. The zero-order valence-electron chi connectivity index (χ0n) is 13.0. The van der Waals surface area contributed by atoms with Crippen molar-refractivity contribution in [2.45, 2.75) is 52.1 Å². The fraction of sp³-hybridized carbons (Fsp3) is 0.588. The zero-order valence-corrected chi connectivity index (χ0v) is 13.0. The highest BCUT2D eigenvalue weighted by molar-refractivity contribution is 5.76. The Hall–Kier alpha value is -1.55. The molecule has 4 heteroatoms. The first-order chi connectivity index (χ1) is 10.1. The van der Waals surface area contributed by atoms with E-state index in [0.29, 0.717) is 12.0 Å². The van der Waals surface area contributed by atoms with E-state index in [-0.39, 0.29) is 0 Å². The van der Waals surface area contributed by atoms with Gasteiger partial charge in [-0.3, -0.25) is 4.90 Å². The first-order valence-electron chi connectivity index (χ1n) is 8.01. The Kier molecular flexibility index (Phi) is 4.15. The molecule has 2 aromatic rings. The van der Waals surface area contributed by atoms with Crippen molar-refractivity contribution in [2.24, 2.45) is 5.92 Å². The molecule has 0 spiro atoms. The SMILES string of the molecule is CC(C)CN(Cc1nc2cc(N)ccc2o1)C1CCCC1. The van der Waals surface area contributed by atoms with E-state index in [4.69, 9.17) is 10.2 Å². The van der Waals surface area contributed by atoms with Crippen molar-refractivity contribution in [1.29, 1.82) is 0 Å². The van der Waals surface area contributed by atoms with E-state index in [1.165, 1.54) is 25.7 Å². The molecule has 0 amide bonds. The molecular formula is C17H25N3O. The molecule has 4 nitrogen and oxygen atoms in total. The lowest BCUT2D eigenvalue weighted by Crippen LogP contribution is -2.35. The van der Waals surface area contributed by atoms with Crippen LogP contribution in [0.3, 0.4) is 0 Å². The largest absolute Gasteiger partial charge is 0.439 e. The molecule has 1 aliphatic carbocycles. The van der Waals surface area contributed by atoms with Crippen molar-refractivity contribution >= 4 is 16.8 Å². The summed E-state index contributed by atoms with van der Waals surface area (Å²) in [6.07, 6.45) is 5.31. The summed E-state index contributed by atoms with van der Waals surface area (Å²) in [7, 11) is 0. The minimum atomic E-state index is 0.658. The minimum Gasteiger partial charge on any atom is -0.439 e. The van der Waals surface area contributed by atoms with Crippen LogP contribution < -0.4 is 5.73 Å². The van der Waals surface area contributed by atoms with Crippen molar-refractivity contribution in [3.63, 3.8) is 0 Å². The van der Waals surface area contributed by atoms with Crippen LogP contribution in [0.2, 0.25) is 0 Å². The van der Waals surface area contributed by atoms with E-state index in [2.05, 4.69) is 23.7 Å². The van der Waals surface area contributed by atoms with Crippen molar-refractivity contribution in [3.8, 4) is 0 Å². The summed E-state index contributed by atoms with van der Waals surface area (Å²) >= 11 is 0. The lowest BCUT2D eigenvalue weighted by atomic mass is 10.1. The molecule has 0 radical (unpaired) electrons. The first kappa shape index (κ1) is 14.4. The molecule has 0 aliphatic heterocycles. The van der Waals surface area contributed by atoms with Crippen LogP contribution in [0.1, 0.15) is 45.4 Å². The maximum atomic E-state index is 5.89. The number of aromatic nitrogens is 1. The van der Waals surface area contributed by atoms with Gasteiger partial charge < -0.3 is 10.2 Å². The number of nitrogens with zero attached hydrogens (tertiary/aromatic N) is 2. The van der Waals surface area contributed by atoms with Gasteiger partial charge in [0.05, 0.1) is 6.54 Å². The Morgan fingerprint density at radius 1 is 1.33 bits per heavy atom. The third kappa shape index (κ3) is 3.38. The van der Waals surface area contributed by atoms with Gasteiger partial charge in [-0.15, -0.1) is 0 Å². The summed E-state index contributed by atoms with van der Waals surface area (Å²) in [5.74, 6) is 1.47. The second kappa shape index (κ2) is 6.06. The second-order valence-corrected chi connectivity index (χ2v) is 6.60. The number of rotatable bonds is 5. The van der Waals surface area contributed by atoms with E-state index < -0.39 is 0 Å². The molecule has 1 aromatic heterocycles. The Bertz CT molecular complexity index is 599. The summed E-state index contributed by atoms with van der Waals surface area (Å²) < 4.78 is 5.89. The molecule has 3 rings (SSSR count). The maximum absolute atomic E-state index is 5.89. The fourth-order valence-corrected chi connectivity index (χ4v) is 3.31. The number of fused-ring (bicyclic) bond motifs is 1. The van der Waals surface area contributed by atoms with Gasteiger partial charge in [0.2, 0.25) is 5.89 Å². The predicted molar refractivity (Wildman–Crippen MR) is 85.9 cm³/mol. The Labute approximate surface area is 126 Å². The quantitative estimate of drug-likeness (QED) is 0.850. The number of hydrogen-bond acceptors (Lipinski definition) is 4. The van der Waals surface area contributed by atoms with Crippen LogP contribution in [0.25, 0.3) is 11.1 Å². The summed E-state index contributed by atoms with van der Waals surface area (Å²) in [6, 6.07) is 6.33. The fourth-order valence-electron chi connectivity index (χ4n) is 3.31. The molecule has 2 N–H and O–H groups in total. The van der Waals surface area contributed by atoms with Crippen molar-refractivity contribution < 1.29 is 4.42 Å². The number of hydrogen-bond donors (Lipinski definition) is 1. The molecule has 21 heavy (non-hydrogen) atoms. The van der Waals surface area contributed by atoms with E-state index in [1.807, 2.05) is 18.2 Å². The molecule has 1 aromatic carbocycles. The van der Waals surface area contributed by atoms with Crippen LogP contribution in [0.5, 0.6) is 0 Å². The van der Waals surface area contributed by atoms with Gasteiger partial charge in [0.25, 0.3) is 0 Å². The molecule has 1 aliphatic rings. The smallest absolute Gasteiger partial charge is 0.209 e. The lowest BCUT2D eigenvalue weighted by Gasteiger charge is -2.29. The average molecular weight is 287 g/mol.